The lowest BCUT2D eigenvalue weighted by Gasteiger charge is -2.14. The third-order valence-corrected chi connectivity index (χ3v) is 3.17. The van der Waals surface area contributed by atoms with Gasteiger partial charge in [-0.1, -0.05) is 5.16 Å². The first kappa shape index (κ1) is 12.4. The Kier molecular flexibility index (Phi) is 2.78. The SMILES string of the molecule is COc1ccc2c(c1)C(=O)C(=O)N2Cc1cc(C)no1. The monoisotopic (exact) mass is 272 g/mol. The second-order valence-electron chi connectivity index (χ2n) is 4.54. The second-order valence-corrected chi connectivity index (χ2v) is 4.54. The highest BCUT2D eigenvalue weighted by Crippen LogP contribution is 2.33. The van der Waals surface area contributed by atoms with Gasteiger partial charge in [-0.3, -0.25) is 14.5 Å². The Morgan fingerprint density at radius 2 is 2.10 bits per heavy atom. The normalized spacial score (nSPS) is 13.8. The molecule has 6 heteroatoms. The Morgan fingerprint density at radius 1 is 1.30 bits per heavy atom. The van der Waals surface area contributed by atoms with E-state index >= 15 is 0 Å². The second kappa shape index (κ2) is 4.48. The number of ether oxygens (including phenoxy) is 1. The maximum absolute atomic E-state index is 12.0. The molecule has 6 nitrogen and oxygen atoms in total. The van der Waals surface area contributed by atoms with Crippen LogP contribution in [0.2, 0.25) is 0 Å². The molecule has 0 spiro atoms. The van der Waals surface area contributed by atoms with Crippen molar-refractivity contribution < 1.29 is 18.8 Å². The summed E-state index contributed by atoms with van der Waals surface area (Å²) in [5.74, 6) is -0.0213. The van der Waals surface area contributed by atoms with Crippen LogP contribution < -0.4 is 9.64 Å². The zero-order valence-electron chi connectivity index (χ0n) is 11.0. The van der Waals surface area contributed by atoms with Gasteiger partial charge >= 0.3 is 0 Å². The quantitative estimate of drug-likeness (QED) is 0.795. The Labute approximate surface area is 114 Å². The number of benzene rings is 1. The van der Waals surface area contributed by atoms with E-state index in [1.807, 2.05) is 0 Å². The van der Waals surface area contributed by atoms with Crippen molar-refractivity contribution in [3.63, 3.8) is 0 Å². The van der Waals surface area contributed by atoms with Crippen molar-refractivity contribution in [1.82, 2.24) is 5.16 Å². The number of Topliss-reactive ketones (excluding diaryl/α,β-unsaturated/α-hetero) is 1. The molecule has 102 valence electrons. The molecule has 1 aliphatic rings. The molecule has 1 aromatic carbocycles. The number of aromatic nitrogens is 1. The van der Waals surface area contributed by atoms with Crippen LogP contribution in [0.1, 0.15) is 21.8 Å². The fraction of sp³-hybridized carbons (Fsp3) is 0.214. The van der Waals surface area contributed by atoms with Crippen molar-refractivity contribution in [3.8, 4) is 5.75 Å². The third-order valence-electron chi connectivity index (χ3n) is 3.17. The number of amides is 1. The first-order valence-corrected chi connectivity index (χ1v) is 6.06. The van der Waals surface area contributed by atoms with E-state index in [0.717, 1.165) is 5.69 Å². The molecule has 1 amide bonds. The molecule has 0 aliphatic carbocycles. The maximum atomic E-state index is 12.0. The van der Waals surface area contributed by atoms with Gasteiger partial charge in [0.1, 0.15) is 5.75 Å². The minimum absolute atomic E-state index is 0.185. The molecule has 1 aliphatic heterocycles. The van der Waals surface area contributed by atoms with Gasteiger partial charge in [-0.25, -0.2) is 0 Å². The number of ketones is 1. The zero-order chi connectivity index (χ0) is 14.3. The molecule has 2 aromatic rings. The van der Waals surface area contributed by atoms with Crippen molar-refractivity contribution >= 4 is 17.4 Å². The van der Waals surface area contributed by atoms with E-state index in [1.165, 1.54) is 12.0 Å². The molecule has 0 saturated carbocycles. The van der Waals surface area contributed by atoms with Gasteiger partial charge in [0.2, 0.25) is 0 Å². The number of carbonyl (C=O) groups is 2. The van der Waals surface area contributed by atoms with Crippen LogP contribution in [0.15, 0.2) is 28.8 Å². The molecule has 0 atom stereocenters. The van der Waals surface area contributed by atoms with Gasteiger partial charge in [-0.05, 0) is 25.1 Å². The lowest BCUT2D eigenvalue weighted by molar-refractivity contribution is -0.114. The Bertz CT molecular complexity index is 705. The van der Waals surface area contributed by atoms with Crippen LogP contribution in [0.25, 0.3) is 0 Å². The highest BCUT2D eigenvalue weighted by molar-refractivity contribution is 6.52. The number of fused-ring (bicyclic) bond motifs is 1. The van der Waals surface area contributed by atoms with E-state index in [4.69, 9.17) is 9.26 Å². The van der Waals surface area contributed by atoms with E-state index in [1.54, 1.807) is 31.2 Å². The fourth-order valence-corrected chi connectivity index (χ4v) is 2.21. The molecule has 0 fully saturated rings. The molecule has 3 rings (SSSR count). The van der Waals surface area contributed by atoms with Crippen LogP contribution in [0, 0.1) is 6.92 Å². The van der Waals surface area contributed by atoms with Gasteiger partial charge in [0.05, 0.1) is 30.6 Å². The van der Waals surface area contributed by atoms with E-state index < -0.39 is 11.7 Å². The average molecular weight is 272 g/mol. The van der Waals surface area contributed by atoms with Crippen molar-refractivity contribution in [2.75, 3.05) is 12.0 Å². The van der Waals surface area contributed by atoms with Crippen LogP contribution in [0.5, 0.6) is 5.75 Å². The van der Waals surface area contributed by atoms with Crippen molar-refractivity contribution in [1.29, 1.82) is 0 Å². The molecule has 0 bridgehead atoms. The molecule has 1 aromatic heterocycles. The lowest BCUT2D eigenvalue weighted by atomic mass is 10.1. The number of hydrogen-bond acceptors (Lipinski definition) is 5. The van der Waals surface area contributed by atoms with Gasteiger partial charge < -0.3 is 9.26 Å². The van der Waals surface area contributed by atoms with Crippen LogP contribution in [-0.2, 0) is 11.3 Å². The lowest BCUT2D eigenvalue weighted by Crippen LogP contribution is -2.28. The van der Waals surface area contributed by atoms with Crippen LogP contribution in [-0.4, -0.2) is 24.0 Å². The summed E-state index contributed by atoms with van der Waals surface area (Å²) < 4.78 is 10.2. The smallest absolute Gasteiger partial charge is 0.299 e. The summed E-state index contributed by atoms with van der Waals surface area (Å²) in [6, 6.07) is 6.71. The minimum Gasteiger partial charge on any atom is -0.497 e. The predicted octanol–water partition coefficient (Wildman–Crippen LogP) is 1.72. The van der Waals surface area contributed by atoms with E-state index in [9.17, 15) is 9.59 Å². The molecular formula is C14H12N2O4. The number of aryl methyl sites for hydroxylation is 1. The van der Waals surface area contributed by atoms with Crippen molar-refractivity contribution in [3.05, 3.63) is 41.3 Å². The van der Waals surface area contributed by atoms with E-state index in [0.29, 0.717) is 22.8 Å². The molecule has 20 heavy (non-hydrogen) atoms. The van der Waals surface area contributed by atoms with Crippen molar-refractivity contribution in [2.24, 2.45) is 0 Å². The Balaban J connectivity index is 1.98. The molecule has 2 heterocycles. The molecule has 0 saturated heterocycles. The summed E-state index contributed by atoms with van der Waals surface area (Å²) >= 11 is 0. The summed E-state index contributed by atoms with van der Waals surface area (Å²) in [7, 11) is 1.51. The minimum atomic E-state index is -0.567. The van der Waals surface area contributed by atoms with Crippen LogP contribution in [0.4, 0.5) is 5.69 Å². The molecule has 0 radical (unpaired) electrons. The number of hydrogen-bond donors (Lipinski definition) is 0. The third kappa shape index (κ3) is 1.85. The van der Waals surface area contributed by atoms with E-state index in [-0.39, 0.29) is 6.54 Å². The molecular weight excluding hydrogens is 260 g/mol. The Morgan fingerprint density at radius 3 is 2.75 bits per heavy atom. The van der Waals surface area contributed by atoms with Gasteiger partial charge in [0, 0.05) is 6.07 Å². The van der Waals surface area contributed by atoms with Crippen LogP contribution in [0.3, 0.4) is 0 Å². The molecule has 0 N–H and O–H groups in total. The number of rotatable bonds is 3. The van der Waals surface area contributed by atoms with Crippen molar-refractivity contribution in [2.45, 2.75) is 13.5 Å². The first-order valence-electron chi connectivity index (χ1n) is 6.06. The zero-order valence-corrected chi connectivity index (χ0v) is 11.0. The topological polar surface area (TPSA) is 72.6 Å². The summed E-state index contributed by atoms with van der Waals surface area (Å²) in [6.45, 7) is 1.98. The Hall–Kier alpha value is -2.63. The van der Waals surface area contributed by atoms with Gasteiger partial charge in [-0.15, -0.1) is 0 Å². The number of nitrogens with zero attached hydrogens (tertiary/aromatic N) is 2. The first-order chi connectivity index (χ1) is 9.60. The summed E-state index contributed by atoms with van der Waals surface area (Å²) in [4.78, 5) is 25.4. The summed E-state index contributed by atoms with van der Waals surface area (Å²) in [5, 5.41) is 3.77. The number of anilines is 1. The van der Waals surface area contributed by atoms with Gasteiger partial charge in [0.25, 0.3) is 11.7 Å². The van der Waals surface area contributed by atoms with Gasteiger partial charge in [0.15, 0.2) is 5.76 Å². The fourth-order valence-electron chi connectivity index (χ4n) is 2.21. The van der Waals surface area contributed by atoms with Crippen LogP contribution >= 0.6 is 0 Å². The number of methoxy groups -OCH3 is 1. The highest BCUT2D eigenvalue weighted by atomic mass is 16.5. The molecule has 0 unspecified atom stereocenters. The predicted molar refractivity (Wildman–Crippen MR) is 69.8 cm³/mol. The standard InChI is InChI=1S/C14H12N2O4/c1-8-5-10(20-15-8)7-16-12-4-3-9(19-2)6-11(12)13(17)14(16)18/h3-6H,7H2,1-2H3. The highest BCUT2D eigenvalue weighted by Gasteiger charge is 2.36. The summed E-state index contributed by atoms with van der Waals surface area (Å²) in [6.07, 6.45) is 0. The average Bonchev–Trinajstić information content (AvgIpc) is 2.96. The largest absolute Gasteiger partial charge is 0.497 e. The summed E-state index contributed by atoms with van der Waals surface area (Å²) in [5.41, 5.74) is 1.65. The number of carbonyl (C=O) groups excluding carboxylic acids is 2. The maximum Gasteiger partial charge on any atom is 0.299 e. The van der Waals surface area contributed by atoms with E-state index in [2.05, 4.69) is 5.16 Å². The van der Waals surface area contributed by atoms with Gasteiger partial charge in [-0.2, -0.15) is 0 Å².